The van der Waals surface area contributed by atoms with Crippen LogP contribution in [0.5, 0.6) is 0 Å². The van der Waals surface area contributed by atoms with Crippen molar-refractivity contribution >= 4 is 0 Å². The highest BCUT2D eigenvalue weighted by atomic mass is 16.3. The number of hydrogen-bond donors (Lipinski definition) is 1. The summed E-state index contributed by atoms with van der Waals surface area (Å²) in [5, 5.41) is 10.2. The molecule has 0 amide bonds. The van der Waals surface area contributed by atoms with Crippen LogP contribution in [0, 0.1) is 17.3 Å². The van der Waals surface area contributed by atoms with Gasteiger partial charge in [-0.05, 0) is 55.9 Å². The zero-order valence-corrected chi connectivity index (χ0v) is 14.1. The van der Waals surface area contributed by atoms with Crippen molar-refractivity contribution in [3.8, 4) is 0 Å². The molecule has 2 fully saturated rings. The van der Waals surface area contributed by atoms with Gasteiger partial charge in [0.05, 0.1) is 6.10 Å². The van der Waals surface area contributed by atoms with Crippen LogP contribution in [0.25, 0.3) is 0 Å². The lowest BCUT2D eigenvalue weighted by Gasteiger charge is -2.49. The lowest BCUT2D eigenvalue weighted by atomic mass is 9.66. The highest BCUT2D eigenvalue weighted by Gasteiger charge is 2.41. The molecule has 0 bridgehead atoms. The average molecular weight is 281 g/mol. The normalized spacial score (nSPS) is 32.4. The van der Waals surface area contributed by atoms with Crippen LogP contribution >= 0.6 is 0 Å². The van der Waals surface area contributed by atoms with Gasteiger partial charge >= 0.3 is 0 Å². The average Bonchev–Trinajstić information content (AvgIpc) is 2.37. The third-order valence-electron chi connectivity index (χ3n) is 6.30. The molecular weight excluding hydrogens is 246 g/mol. The van der Waals surface area contributed by atoms with Gasteiger partial charge in [-0.25, -0.2) is 0 Å². The summed E-state index contributed by atoms with van der Waals surface area (Å²) >= 11 is 0. The van der Waals surface area contributed by atoms with E-state index in [2.05, 4.69) is 32.6 Å². The van der Waals surface area contributed by atoms with E-state index in [1.165, 1.54) is 38.6 Å². The molecule has 2 saturated carbocycles. The summed E-state index contributed by atoms with van der Waals surface area (Å²) in [6, 6.07) is 0.597. The molecule has 3 atom stereocenters. The minimum absolute atomic E-state index is 0.0700. The predicted molar refractivity (Wildman–Crippen MR) is 85.8 cm³/mol. The van der Waals surface area contributed by atoms with Crippen molar-refractivity contribution < 1.29 is 5.11 Å². The lowest BCUT2D eigenvalue weighted by molar-refractivity contribution is -0.0253. The second-order valence-corrected chi connectivity index (χ2v) is 7.87. The van der Waals surface area contributed by atoms with Gasteiger partial charge in [-0.3, -0.25) is 4.90 Å². The van der Waals surface area contributed by atoms with E-state index >= 15 is 0 Å². The van der Waals surface area contributed by atoms with Crippen LogP contribution in [0.15, 0.2) is 0 Å². The van der Waals surface area contributed by atoms with Gasteiger partial charge in [-0.2, -0.15) is 0 Å². The Hall–Kier alpha value is -0.0800. The predicted octanol–water partition coefficient (Wildman–Crippen LogP) is 4.07. The van der Waals surface area contributed by atoms with Gasteiger partial charge in [0.25, 0.3) is 0 Å². The minimum Gasteiger partial charge on any atom is -0.393 e. The third kappa shape index (κ3) is 3.57. The summed E-state index contributed by atoms with van der Waals surface area (Å²) in [6.07, 6.45) is 8.65. The Bertz CT molecular complexity index is 298. The van der Waals surface area contributed by atoms with Gasteiger partial charge in [0, 0.05) is 12.6 Å². The number of rotatable bonds is 6. The second kappa shape index (κ2) is 6.79. The molecule has 3 unspecified atom stereocenters. The molecule has 2 nitrogen and oxygen atoms in total. The summed E-state index contributed by atoms with van der Waals surface area (Å²) in [4.78, 5) is 2.70. The van der Waals surface area contributed by atoms with Crippen LogP contribution < -0.4 is 0 Å². The maximum atomic E-state index is 10.2. The molecule has 1 N–H and O–H groups in total. The summed E-state index contributed by atoms with van der Waals surface area (Å²) in [5.74, 6) is 1.68. The molecule has 2 aliphatic carbocycles. The molecule has 0 aromatic carbocycles. The smallest absolute Gasteiger partial charge is 0.0555 e. The Morgan fingerprint density at radius 2 is 1.80 bits per heavy atom. The summed E-state index contributed by atoms with van der Waals surface area (Å²) < 4.78 is 0. The molecule has 0 saturated heterocycles. The fraction of sp³-hybridized carbons (Fsp3) is 1.00. The van der Waals surface area contributed by atoms with Crippen molar-refractivity contribution in [3.05, 3.63) is 0 Å². The first-order chi connectivity index (χ1) is 9.47. The molecule has 0 aliphatic heterocycles. The lowest BCUT2D eigenvalue weighted by Crippen LogP contribution is -2.51. The van der Waals surface area contributed by atoms with Crippen LogP contribution in [-0.2, 0) is 0 Å². The number of nitrogens with zero attached hydrogens (tertiary/aromatic N) is 1. The van der Waals surface area contributed by atoms with Gasteiger partial charge in [-0.15, -0.1) is 0 Å². The Morgan fingerprint density at radius 3 is 2.30 bits per heavy atom. The summed E-state index contributed by atoms with van der Waals surface area (Å²) in [6.45, 7) is 11.9. The van der Waals surface area contributed by atoms with Gasteiger partial charge < -0.3 is 5.11 Å². The van der Waals surface area contributed by atoms with Crippen molar-refractivity contribution in [2.24, 2.45) is 17.3 Å². The molecule has 2 rings (SSSR count). The van der Waals surface area contributed by atoms with E-state index in [9.17, 15) is 5.11 Å². The molecule has 2 heteroatoms. The fourth-order valence-corrected chi connectivity index (χ4v) is 4.21. The molecule has 20 heavy (non-hydrogen) atoms. The second-order valence-electron chi connectivity index (χ2n) is 7.87. The molecule has 2 aliphatic rings. The van der Waals surface area contributed by atoms with Crippen molar-refractivity contribution in [3.63, 3.8) is 0 Å². The quantitative estimate of drug-likeness (QED) is 0.793. The Balaban J connectivity index is 2.08. The van der Waals surface area contributed by atoms with E-state index < -0.39 is 0 Å². The summed E-state index contributed by atoms with van der Waals surface area (Å²) in [7, 11) is 0. The first kappa shape index (κ1) is 16.3. The van der Waals surface area contributed by atoms with Gasteiger partial charge in [0.2, 0.25) is 0 Å². The first-order valence-corrected chi connectivity index (χ1v) is 8.90. The maximum Gasteiger partial charge on any atom is 0.0555 e. The number of hydrogen-bond acceptors (Lipinski definition) is 2. The van der Waals surface area contributed by atoms with Crippen LogP contribution in [0.4, 0.5) is 0 Å². The highest BCUT2D eigenvalue weighted by Crippen LogP contribution is 2.43. The Labute approximate surface area is 125 Å². The minimum atomic E-state index is -0.0700. The summed E-state index contributed by atoms with van der Waals surface area (Å²) in [5.41, 5.74) is 0.401. The molecule has 0 spiro atoms. The van der Waals surface area contributed by atoms with E-state index in [0.717, 1.165) is 31.2 Å². The first-order valence-electron chi connectivity index (χ1n) is 8.90. The van der Waals surface area contributed by atoms with E-state index in [4.69, 9.17) is 0 Å². The van der Waals surface area contributed by atoms with Gasteiger partial charge in [0.1, 0.15) is 0 Å². The molecule has 0 radical (unpaired) electrons. The molecule has 118 valence electrons. The highest BCUT2D eigenvalue weighted by molar-refractivity contribution is 4.94. The van der Waals surface area contributed by atoms with Gasteiger partial charge in [-0.1, -0.05) is 40.5 Å². The van der Waals surface area contributed by atoms with Crippen molar-refractivity contribution in [2.45, 2.75) is 84.8 Å². The van der Waals surface area contributed by atoms with Gasteiger partial charge in [0.15, 0.2) is 0 Å². The maximum absolute atomic E-state index is 10.2. The molecule has 0 aromatic rings. The van der Waals surface area contributed by atoms with E-state index in [0.29, 0.717) is 11.5 Å². The van der Waals surface area contributed by atoms with Crippen LogP contribution in [0.3, 0.4) is 0 Å². The molecule has 0 aromatic heterocycles. The molecule has 0 heterocycles. The number of aliphatic hydroxyl groups excluding tert-OH is 1. The molecular formula is C18H35NO. The zero-order valence-electron chi connectivity index (χ0n) is 14.1. The number of aliphatic hydroxyl groups is 1. The van der Waals surface area contributed by atoms with Crippen molar-refractivity contribution in [1.82, 2.24) is 4.90 Å². The van der Waals surface area contributed by atoms with Crippen LogP contribution in [0.2, 0.25) is 0 Å². The fourth-order valence-electron chi connectivity index (χ4n) is 4.21. The Kier molecular flexibility index (Phi) is 5.53. The van der Waals surface area contributed by atoms with Crippen LogP contribution in [0.1, 0.15) is 72.6 Å². The SMILES string of the molecule is CCN(CC1CCC1)C1CC(O)CCC1C(C)(C)CC. The van der Waals surface area contributed by atoms with E-state index in [1.807, 2.05) is 0 Å². The van der Waals surface area contributed by atoms with Crippen molar-refractivity contribution in [2.75, 3.05) is 13.1 Å². The van der Waals surface area contributed by atoms with E-state index in [-0.39, 0.29) is 6.10 Å². The standard InChI is InChI=1S/C18H35NO/c1-5-18(3,4)16-11-10-15(20)12-17(16)19(6-2)13-14-8-7-9-14/h14-17,20H,5-13H2,1-4H3. The van der Waals surface area contributed by atoms with E-state index in [1.54, 1.807) is 0 Å². The Morgan fingerprint density at radius 1 is 1.10 bits per heavy atom. The topological polar surface area (TPSA) is 23.5 Å². The largest absolute Gasteiger partial charge is 0.393 e. The zero-order chi connectivity index (χ0) is 14.8. The van der Waals surface area contributed by atoms with Crippen LogP contribution in [-0.4, -0.2) is 35.2 Å². The third-order valence-corrected chi connectivity index (χ3v) is 6.30. The van der Waals surface area contributed by atoms with Crippen molar-refractivity contribution in [1.29, 1.82) is 0 Å². The monoisotopic (exact) mass is 281 g/mol.